The van der Waals surface area contributed by atoms with E-state index in [1.165, 1.54) is 24.3 Å². The van der Waals surface area contributed by atoms with Crippen LogP contribution in [0.15, 0.2) is 30.3 Å². The SMILES string of the molecule is N#Cc1cc(COc2c(Cl)cc(Cl)cc2CO)ccc1F. The monoisotopic (exact) mass is 325 g/mol. The van der Waals surface area contributed by atoms with Crippen LogP contribution in [0.2, 0.25) is 10.0 Å². The van der Waals surface area contributed by atoms with Gasteiger partial charge in [-0.3, -0.25) is 0 Å². The summed E-state index contributed by atoms with van der Waals surface area (Å²) in [6.45, 7) is -0.189. The molecule has 0 aliphatic carbocycles. The van der Waals surface area contributed by atoms with Crippen molar-refractivity contribution in [3.8, 4) is 11.8 Å². The van der Waals surface area contributed by atoms with Crippen LogP contribution in [-0.4, -0.2) is 5.11 Å². The quantitative estimate of drug-likeness (QED) is 0.921. The molecule has 0 saturated heterocycles. The number of aliphatic hydroxyl groups is 1. The van der Waals surface area contributed by atoms with E-state index in [0.717, 1.165) is 0 Å². The smallest absolute Gasteiger partial charge is 0.144 e. The van der Waals surface area contributed by atoms with Gasteiger partial charge in [0.1, 0.15) is 24.2 Å². The number of hydrogen-bond donors (Lipinski definition) is 1. The number of rotatable bonds is 4. The molecule has 0 fully saturated rings. The Morgan fingerprint density at radius 3 is 2.67 bits per heavy atom. The van der Waals surface area contributed by atoms with Crippen LogP contribution in [0.4, 0.5) is 4.39 Å². The Bertz CT molecular complexity index is 714. The lowest BCUT2D eigenvalue weighted by Gasteiger charge is -2.13. The first-order chi connectivity index (χ1) is 10.0. The second-order valence-electron chi connectivity index (χ2n) is 4.25. The molecule has 0 amide bonds. The maximum absolute atomic E-state index is 13.2. The predicted molar refractivity (Wildman–Crippen MR) is 77.8 cm³/mol. The van der Waals surface area contributed by atoms with E-state index < -0.39 is 5.82 Å². The molecule has 2 rings (SSSR count). The van der Waals surface area contributed by atoms with E-state index >= 15 is 0 Å². The fourth-order valence-electron chi connectivity index (χ4n) is 1.80. The minimum Gasteiger partial charge on any atom is -0.487 e. The molecule has 1 N–H and O–H groups in total. The minimum atomic E-state index is -0.582. The van der Waals surface area contributed by atoms with Crippen LogP contribution >= 0.6 is 23.2 Å². The third-order valence-corrected chi connectivity index (χ3v) is 3.29. The molecule has 0 saturated carbocycles. The summed E-state index contributed by atoms with van der Waals surface area (Å²) >= 11 is 11.9. The Morgan fingerprint density at radius 2 is 2.00 bits per heavy atom. The van der Waals surface area contributed by atoms with E-state index in [1.807, 2.05) is 0 Å². The van der Waals surface area contributed by atoms with Crippen molar-refractivity contribution in [2.45, 2.75) is 13.2 Å². The Morgan fingerprint density at radius 1 is 1.24 bits per heavy atom. The van der Waals surface area contributed by atoms with Crippen molar-refractivity contribution >= 4 is 23.2 Å². The summed E-state index contributed by atoms with van der Waals surface area (Å²) in [6, 6.07) is 8.93. The second-order valence-corrected chi connectivity index (χ2v) is 5.09. The summed E-state index contributed by atoms with van der Waals surface area (Å²) in [4.78, 5) is 0. The first-order valence-corrected chi connectivity index (χ1v) is 6.71. The summed E-state index contributed by atoms with van der Waals surface area (Å²) in [5.41, 5.74) is 1.01. The van der Waals surface area contributed by atoms with Gasteiger partial charge in [0.25, 0.3) is 0 Å². The molecule has 0 aliphatic heterocycles. The molecule has 2 aromatic carbocycles. The average Bonchev–Trinajstić information content (AvgIpc) is 2.47. The Balaban J connectivity index is 2.23. The van der Waals surface area contributed by atoms with Gasteiger partial charge < -0.3 is 9.84 Å². The van der Waals surface area contributed by atoms with E-state index in [-0.39, 0.29) is 23.8 Å². The maximum atomic E-state index is 13.2. The van der Waals surface area contributed by atoms with Gasteiger partial charge in [-0.2, -0.15) is 5.26 Å². The number of nitrogens with zero attached hydrogens (tertiary/aromatic N) is 1. The number of aliphatic hydroxyl groups excluding tert-OH is 1. The van der Waals surface area contributed by atoms with Gasteiger partial charge in [-0.05, 0) is 29.8 Å². The van der Waals surface area contributed by atoms with Gasteiger partial charge in [0.15, 0.2) is 0 Å². The second kappa shape index (κ2) is 6.77. The van der Waals surface area contributed by atoms with Crippen LogP contribution in [0.3, 0.4) is 0 Å². The molecule has 2 aromatic rings. The van der Waals surface area contributed by atoms with Crippen molar-refractivity contribution < 1.29 is 14.2 Å². The van der Waals surface area contributed by atoms with E-state index in [9.17, 15) is 9.50 Å². The predicted octanol–water partition coefficient (Wildman–Crippen LogP) is 4.08. The van der Waals surface area contributed by atoms with Gasteiger partial charge in [-0.15, -0.1) is 0 Å². The van der Waals surface area contributed by atoms with Crippen LogP contribution in [-0.2, 0) is 13.2 Å². The molecule has 0 spiro atoms. The maximum Gasteiger partial charge on any atom is 0.144 e. The fourth-order valence-corrected chi connectivity index (χ4v) is 2.39. The molecule has 3 nitrogen and oxygen atoms in total. The fraction of sp³-hybridized carbons (Fsp3) is 0.133. The molecule has 108 valence electrons. The van der Waals surface area contributed by atoms with Crippen LogP contribution in [0.1, 0.15) is 16.7 Å². The van der Waals surface area contributed by atoms with Gasteiger partial charge in [-0.25, -0.2) is 4.39 Å². The zero-order valence-electron chi connectivity index (χ0n) is 10.7. The Hall–Kier alpha value is -1.80. The zero-order chi connectivity index (χ0) is 15.4. The van der Waals surface area contributed by atoms with E-state index in [2.05, 4.69) is 0 Å². The van der Waals surface area contributed by atoms with Crippen LogP contribution in [0.25, 0.3) is 0 Å². The Kier molecular flexibility index (Phi) is 5.03. The highest BCUT2D eigenvalue weighted by Crippen LogP contribution is 2.33. The topological polar surface area (TPSA) is 53.2 Å². The highest BCUT2D eigenvalue weighted by atomic mass is 35.5. The van der Waals surface area contributed by atoms with Crippen LogP contribution in [0.5, 0.6) is 5.75 Å². The largest absolute Gasteiger partial charge is 0.487 e. The van der Waals surface area contributed by atoms with Crippen molar-refractivity contribution in [1.82, 2.24) is 0 Å². The van der Waals surface area contributed by atoms with Crippen molar-refractivity contribution in [3.63, 3.8) is 0 Å². The highest BCUT2D eigenvalue weighted by Gasteiger charge is 2.11. The Labute approximate surface area is 131 Å². The van der Waals surface area contributed by atoms with Gasteiger partial charge in [0.05, 0.1) is 17.2 Å². The average molecular weight is 326 g/mol. The minimum absolute atomic E-state index is 0.0549. The number of benzene rings is 2. The van der Waals surface area contributed by atoms with Gasteiger partial charge >= 0.3 is 0 Å². The molecular weight excluding hydrogens is 316 g/mol. The first-order valence-electron chi connectivity index (χ1n) is 5.95. The third kappa shape index (κ3) is 3.64. The summed E-state index contributed by atoms with van der Waals surface area (Å²) in [7, 11) is 0. The summed E-state index contributed by atoms with van der Waals surface area (Å²) in [5, 5.41) is 18.7. The van der Waals surface area contributed by atoms with Gasteiger partial charge in [0.2, 0.25) is 0 Å². The summed E-state index contributed by atoms with van der Waals surface area (Å²) in [6.07, 6.45) is 0. The molecular formula is C15H10Cl2FNO2. The molecule has 0 heterocycles. The molecule has 0 bridgehead atoms. The number of halogens is 3. The lowest BCUT2D eigenvalue weighted by Crippen LogP contribution is -2.00. The van der Waals surface area contributed by atoms with Gasteiger partial charge in [0, 0.05) is 10.6 Å². The molecule has 0 atom stereocenters. The van der Waals surface area contributed by atoms with E-state index in [4.69, 9.17) is 33.2 Å². The van der Waals surface area contributed by atoms with Crippen molar-refractivity contribution in [3.05, 3.63) is 62.9 Å². The summed E-state index contributed by atoms with van der Waals surface area (Å²) in [5.74, 6) is -0.270. The van der Waals surface area contributed by atoms with Crippen molar-refractivity contribution in [2.24, 2.45) is 0 Å². The molecule has 0 aromatic heterocycles. The highest BCUT2D eigenvalue weighted by molar-refractivity contribution is 6.35. The van der Waals surface area contributed by atoms with Crippen molar-refractivity contribution in [2.75, 3.05) is 0 Å². The van der Waals surface area contributed by atoms with Gasteiger partial charge in [-0.1, -0.05) is 29.3 Å². The molecule has 6 heteroatoms. The molecule has 0 radical (unpaired) electrons. The number of ether oxygens (including phenoxy) is 1. The van der Waals surface area contributed by atoms with Crippen molar-refractivity contribution in [1.29, 1.82) is 5.26 Å². The lowest BCUT2D eigenvalue weighted by molar-refractivity contribution is 0.259. The summed E-state index contributed by atoms with van der Waals surface area (Å²) < 4.78 is 18.8. The van der Waals surface area contributed by atoms with Crippen LogP contribution in [0, 0.1) is 17.1 Å². The molecule has 0 unspecified atom stereocenters. The standard InChI is InChI=1S/C15H10Cl2FNO2/c16-12-4-11(7-20)15(13(17)5-12)21-8-9-1-2-14(18)10(3-9)6-19/h1-5,20H,7-8H2. The van der Waals surface area contributed by atoms with Crippen LogP contribution < -0.4 is 4.74 Å². The normalized spacial score (nSPS) is 10.2. The lowest BCUT2D eigenvalue weighted by atomic mass is 10.1. The van der Waals surface area contributed by atoms with E-state index in [0.29, 0.717) is 21.9 Å². The zero-order valence-corrected chi connectivity index (χ0v) is 12.2. The first kappa shape index (κ1) is 15.6. The number of hydrogen-bond acceptors (Lipinski definition) is 3. The molecule has 21 heavy (non-hydrogen) atoms. The van der Waals surface area contributed by atoms with E-state index in [1.54, 1.807) is 12.1 Å². The molecule has 0 aliphatic rings. The third-order valence-electron chi connectivity index (χ3n) is 2.79. The number of nitriles is 1.